The molecule has 0 aliphatic carbocycles. The molecule has 2 aromatic heterocycles. The third-order valence-electron chi connectivity index (χ3n) is 3.43. The summed E-state index contributed by atoms with van der Waals surface area (Å²) < 4.78 is 49.7. The first kappa shape index (κ1) is 18.2. The molecule has 10 heteroatoms. The van der Waals surface area contributed by atoms with E-state index in [9.17, 15) is 22.8 Å². The molecule has 7 nitrogen and oxygen atoms in total. The number of nitrogens with one attached hydrogen (secondary N) is 2. The zero-order valence-corrected chi connectivity index (χ0v) is 13.8. The minimum atomic E-state index is -4.77. The number of halogens is 3. The van der Waals surface area contributed by atoms with Crippen molar-refractivity contribution in [2.45, 2.75) is 13.1 Å². The van der Waals surface area contributed by atoms with Crippen molar-refractivity contribution < 1.29 is 31.7 Å². The number of benzene rings is 1. The van der Waals surface area contributed by atoms with E-state index in [1.165, 1.54) is 30.5 Å². The van der Waals surface area contributed by atoms with Crippen LogP contribution in [0, 0.1) is 6.92 Å². The van der Waals surface area contributed by atoms with Crippen molar-refractivity contribution in [1.82, 2.24) is 5.16 Å². The van der Waals surface area contributed by atoms with E-state index in [-0.39, 0.29) is 17.2 Å². The molecule has 1 aromatic carbocycles. The van der Waals surface area contributed by atoms with Crippen LogP contribution in [0.15, 0.2) is 51.6 Å². The number of alkyl halides is 3. The van der Waals surface area contributed by atoms with Gasteiger partial charge in [-0.1, -0.05) is 5.16 Å². The van der Waals surface area contributed by atoms with E-state index in [1.54, 1.807) is 6.92 Å². The topological polar surface area (TPSA) is 97.4 Å². The Balaban J connectivity index is 1.86. The lowest BCUT2D eigenvalue weighted by Crippen LogP contribution is -2.17. The van der Waals surface area contributed by atoms with Gasteiger partial charge in [-0.15, -0.1) is 0 Å². The van der Waals surface area contributed by atoms with Crippen LogP contribution < -0.4 is 10.6 Å². The van der Waals surface area contributed by atoms with Gasteiger partial charge < -0.3 is 19.6 Å². The fourth-order valence-corrected chi connectivity index (χ4v) is 2.22. The number of hydrogen-bond acceptors (Lipinski definition) is 5. The van der Waals surface area contributed by atoms with Crippen molar-refractivity contribution in [3.8, 4) is 0 Å². The van der Waals surface area contributed by atoms with Crippen molar-refractivity contribution in [2.24, 2.45) is 0 Å². The normalized spacial score (nSPS) is 11.3. The van der Waals surface area contributed by atoms with Crippen LogP contribution in [0.5, 0.6) is 0 Å². The second-order valence-electron chi connectivity index (χ2n) is 5.48. The highest BCUT2D eigenvalue weighted by molar-refractivity contribution is 6.04. The summed E-state index contributed by atoms with van der Waals surface area (Å²) in [4.78, 5) is 23.9. The van der Waals surface area contributed by atoms with E-state index in [0.717, 1.165) is 6.07 Å². The largest absolute Gasteiger partial charge is 0.459 e. The van der Waals surface area contributed by atoms with Gasteiger partial charge in [-0.3, -0.25) is 9.59 Å². The van der Waals surface area contributed by atoms with E-state index in [4.69, 9.17) is 8.94 Å². The van der Waals surface area contributed by atoms with Gasteiger partial charge in [0, 0.05) is 11.8 Å². The summed E-state index contributed by atoms with van der Waals surface area (Å²) in [5.41, 5.74) is -1.33. The lowest BCUT2D eigenvalue weighted by atomic mass is 10.1. The molecule has 3 rings (SSSR count). The van der Waals surface area contributed by atoms with E-state index in [2.05, 4.69) is 15.8 Å². The number of amides is 2. The molecule has 0 radical (unpaired) electrons. The Bertz CT molecular complexity index is 978. The van der Waals surface area contributed by atoms with Crippen molar-refractivity contribution in [3.05, 3.63) is 65.4 Å². The maximum absolute atomic E-state index is 13.4. The van der Waals surface area contributed by atoms with Gasteiger partial charge in [0.05, 0.1) is 23.2 Å². The minimum Gasteiger partial charge on any atom is -0.459 e. The third kappa shape index (κ3) is 4.17. The summed E-state index contributed by atoms with van der Waals surface area (Å²) in [6.45, 7) is 1.57. The van der Waals surface area contributed by atoms with Gasteiger partial charge in [0.15, 0.2) is 5.76 Å². The highest BCUT2D eigenvalue weighted by Gasteiger charge is 2.34. The fraction of sp³-hybridized carbons (Fsp3) is 0.118. The molecule has 0 atom stereocenters. The number of nitrogens with zero attached hydrogens (tertiary/aromatic N) is 1. The standard InChI is InChI=1S/C17H12F3N3O4/c1-9-7-14(27-23-9)16(25)22-12-5-4-10(8-11(12)17(18,19)20)21-15(24)13-3-2-6-26-13/h2-8H,1H3,(H,21,24)(H,22,25). The Hall–Kier alpha value is -3.56. The minimum absolute atomic E-state index is 0.0540. The first-order chi connectivity index (χ1) is 12.7. The number of aryl methyl sites for hydroxylation is 1. The van der Waals surface area contributed by atoms with Gasteiger partial charge in [0.1, 0.15) is 0 Å². The number of anilines is 2. The summed E-state index contributed by atoms with van der Waals surface area (Å²) in [6.07, 6.45) is -3.51. The summed E-state index contributed by atoms with van der Waals surface area (Å²) >= 11 is 0. The van der Waals surface area contributed by atoms with Gasteiger partial charge in [0.2, 0.25) is 5.76 Å². The SMILES string of the molecule is Cc1cc(C(=O)Nc2ccc(NC(=O)c3ccco3)cc2C(F)(F)F)on1. The summed E-state index contributed by atoms with van der Waals surface area (Å²) in [6, 6.07) is 7.09. The van der Waals surface area contributed by atoms with Crippen LogP contribution in [-0.4, -0.2) is 17.0 Å². The van der Waals surface area contributed by atoms with Crippen LogP contribution in [0.1, 0.15) is 32.4 Å². The highest BCUT2D eigenvalue weighted by atomic mass is 19.4. The molecule has 27 heavy (non-hydrogen) atoms. The number of carbonyl (C=O) groups excluding carboxylic acids is 2. The van der Waals surface area contributed by atoms with Crippen LogP contribution in [0.2, 0.25) is 0 Å². The molecule has 0 aliphatic rings. The molecule has 0 fully saturated rings. The number of aromatic nitrogens is 1. The maximum Gasteiger partial charge on any atom is 0.418 e. The molecule has 2 amide bonds. The number of furan rings is 1. The van der Waals surface area contributed by atoms with Crippen LogP contribution in [0.25, 0.3) is 0 Å². The Labute approximate surface area is 150 Å². The number of hydrogen-bond donors (Lipinski definition) is 2. The quantitative estimate of drug-likeness (QED) is 0.711. The molecular weight excluding hydrogens is 367 g/mol. The zero-order chi connectivity index (χ0) is 19.6. The van der Waals surface area contributed by atoms with Crippen LogP contribution in [0.4, 0.5) is 24.5 Å². The molecule has 2 N–H and O–H groups in total. The van der Waals surface area contributed by atoms with E-state index >= 15 is 0 Å². The van der Waals surface area contributed by atoms with E-state index in [0.29, 0.717) is 11.8 Å². The second-order valence-corrected chi connectivity index (χ2v) is 5.48. The van der Waals surface area contributed by atoms with E-state index in [1.807, 2.05) is 0 Å². The predicted octanol–water partition coefficient (Wildman–Crippen LogP) is 4.10. The Morgan fingerprint density at radius 2 is 1.78 bits per heavy atom. The van der Waals surface area contributed by atoms with Crippen LogP contribution in [-0.2, 0) is 6.18 Å². The van der Waals surface area contributed by atoms with Crippen molar-refractivity contribution in [1.29, 1.82) is 0 Å². The molecule has 0 spiro atoms. The summed E-state index contributed by atoms with van der Waals surface area (Å²) in [5, 5.41) is 7.94. The van der Waals surface area contributed by atoms with Crippen LogP contribution in [0.3, 0.4) is 0 Å². The Morgan fingerprint density at radius 3 is 2.37 bits per heavy atom. The average Bonchev–Trinajstić information content (AvgIpc) is 3.26. The summed E-state index contributed by atoms with van der Waals surface area (Å²) in [5.74, 6) is -1.87. The number of rotatable bonds is 4. The monoisotopic (exact) mass is 379 g/mol. The Kier molecular flexibility index (Phi) is 4.72. The van der Waals surface area contributed by atoms with E-state index < -0.39 is 29.2 Å². The molecule has 3 aromatic rings. The van der Waals surface area contributed by atoms with Crippen molar-refractivity contribution in [3.63, 3.8) is 0 Å². The summed E-state index contributed by atoms with van der Waals surface area (Å²) in [7, 11) is 0. The van der Waals surface area contributed by atoms with Gasteiger partial charge >= 0.3 is 6.18 Å². The molecule has 0 aliphatic heterocycles. The lowest BCUT2D eigenvalue weighted by molar-refractivity contribution is -0.136. The van der Waals surface area contributed by atoms with Gasteiger partial charge in [-0.25, -0.2) is 0 Å². The fourth-order valence-electron chi connectivity index (χ4n) is 2.22. The molecule has 0 bridgehead atoms. The van der Waals surface area contributed by atoms with Crippen molar-refractivity contribution >= 4 is 23.2 Å². The molecule has 140 valence electrons. The predicted molar refractivity (Wildman–Crippen MR) is 87.3 cm³/mol. The van der Waals surface area contributed by atoms with Gasteiger partial charge in [-0.05, 0) is 37.3 Å². The molecule has 0 saturated carbocycles. The van der Waals surface area contributed by atoms with Crippen LogP contribution >= 0.6 is 0 Å². The zero-order valence-electron chi connectivity index (χ0n) is 13.8. The second kappa shape index (κ2) is 6.98. The molecule has 2 heterocycles. The number of carbonyl (C=O) groups is 2. The lowest BCUT2D eigenvalue weighted by Gasteiger charge is -2.15. The average molecular weight is 379 g/mol. The third-order valence-corrected chi connectivity index (χ3v) is 3.43. The molecule has 0 unspecified atom stereocenters. The molecular formula is C17H12F3N3O4. The first-order valence-corrected chi connectivity index (χ1v) is 7.55. The molecule has 0 saturated heterocycles. The first-order valence-electron chi connectivity index (χ1n) is 7.55. The smallest absolute Gasteiger partial charge is 0.418 e. The Morgan fingerprint density at radius 1 is 1.04 bits per heavy atom. The van der Waals surface area contributed by atoms with Gasteiger partial charge in [-0.2, -0.15) is 13.2 Å². The highest BCUT2D eigenvalue weighted by Crippen LogP contribution is 2.37. The van der Waals surface area contributed by atoms with Crippen molar-refractivity contribution in [2.75, 3.05) is 10.6 Å². The van der Waals surface area contributed by atoms with Gasteiger partial charge in [0.25, 0.3) is 11.8 Å². The maximum atomic E-state index is 13.4.